The zero-order chi connectivity index (χ0) is 15.8. The summed E-state index contributed by atoms with van der Waals surface area (Å²) in [6.07, 6.45) is 6.46. The molecule has 0 unspecified atom stereocenters. The van der Waals surface area contributed by atoms with E-state index < -0.39 is 0 Å². The molecule has 22 heavy (non-hydrogen) atoms. The molecular formula is C17H16N4O. The van der Waals surface area contributed by atoms with Crippen LogP contribution in [0.15, 0.2) is 43.2 Å². The predicted molar refractivity (Wildman–Crippen MR) is 87.6 cm³/mol. The molecule has 0 spiro atoms. The van der Waals surface area contributed by atoms with Gasteiger partial charge in [-0.15, -0.1) is 6.58 Å². The number of hydrogen-bond acceptors (Lipinski definition) is 4. The highest BCUT2D eigenvalue weighted by Gasteiger charge is 2.01. The van der Waals surface area contributed by atoms with Crippen molar-refractivity contribution in [3.63, 3.8) is 0 Å². The van der Waals surface area contributed by atoms with Crippen molar-refractivity contribution < 1.29 is 4.79 Å². The minimum atomic E-state index is 0.470. The van der Waals surface area contributed by atoms with E-state index in [4.69, 9.17) is 0 Å². The Balaban J connectivity index is 2.27. The Labute approximate surface area is 129 Å². The van der Waals surface area contributed by atoms with Crippen LogP contribution >= 0.6 is 0 Å². The third-order valence-electron chi connectivity index (χ3n) is 2.89. The predicted octanol–water partition coefficient (Wildman–Crippen LogP) is 2.21. The van der Waals surface area contributed by atoms with Crippen LogP contribution in [0.1, 0.15) is 16.7 Å². The Kier molecular flexibility index (Phi) is 5.27. The number of hydrogen-bond donors (Lipinski definition) is 2. The van der Waals surface area contributed by atoms with Crippen LogP contribution in [-0.4, -0.2) is 23.4 Å². The highest BCUT2D eigenvalue weighted by Crippen LogP contribution is 2.14. The normalized spacial score (nSPS) is 9.32. The van der Waals surface area contributed by atoms with E-state index in [1.807, 2.05) is 19.2 Å². The van der Waals surface area contributed by atoms with Crippen molar-refractivity contribution in [3.05, 3.63) is 59.9 Å². The highest BCUT2D eigenvalue weighted by atomic mass is 16.1. The molecule has 2 aromatic heterocycles. The number of aromatic nitrogens is 2. The first-order valence-electron chi connectivity index (χ1n) is 6.72. The van der Waals surface area contributed by atoms with Gasteiger partial charge in [-0.1, -0.05) is 17.9 Å². The summed E-state index contributed by atoms with van der Waals surface area (Å²) in [5.74, 6) is 7.39. The summed E-state index contributed by atoms with van der Waals surface area (Å²) in [4.78, 5) is 18.8. The molecule has 0 radical (unpaired) electrons. The van der Waals surface area contributed by atoms with Crippen LogP contribution in [0.4, 0.5) is 11.6 Å². The molecule has 2 rings (SSSR count). The summed E-state index contributed by atoms with van der Waals surface area (Å²) in [6, 6.07) is 5.48. The average molecular weight is 292 g/mol. The van der Waals surface area contributed by atoms with Gasteiger partial charge in [-0.05, 0) is 30.2 Å². The third-order valence-corrected chi connectivity index (χ3v) is 2.89. The van der Waals surface area contributed by atoms with Crippen molar-refractivity contribution in [3.8, 4) is 11.8 Å². The molecule has 1 amide bonds. The minimum absolute atomic E-state index is 0.470. The number of nitrogens with zero attached hydrogens (tertiary/aromatic N) is 2. The molecule has 0 saturated heterocycles. The number of rotatable bonds is 5. The van der Waals surface area contributed by atoms with E-state index in [9.17, 15) is 4.79 Å². The highest BCUT2D eigenvalue weighted by molar-refractivity contribution is 5.69. The molecule has 2 aromatic rings. The second-order valence-electron chi connectivity index (χ2n) is 4.42. The third kappa shape index (κ3) is 3.93. The number of pyridine rings is 2. The number of carbonyl (C=O) groups is 1. The van der Waals surface area contributed by atoms with Gasteiger partial charge in [0.25, 0.3) is 0 Å². The number of nitrogens with one attached hydrogen (secondary N) is 2. The summed E-state index contributed by atoms with van der Waals surface area (Å²) in [6.45, 7) is 3.75. The smallest absolute Gasteiger partial charge is 0.212 e. The van der Waals surface area contributed by atoms with Crippen molar-refractivity contribution in [2.45, 2.75) is 6.42 Å². The maximum absolute atomic E-state index is 10.4. The zero-order valence-corrected chi connectivity index (χ0v) is 12.3. The zero-order valence-electron chi connectivity index (χ0n) is 12.3. The second kappa shape index (κ2) is 7.60. The molecule has 0 aliphatic heterocycles. The fourth-order valence-electron chi connectivity index (χ4n) is 1.91. The molecule has 0 aromatic carbocycles. The SMILES string of the molecule is C=CCc1cc(C#Cc2ccnc(NC=O)c2)cnc1NC. The van der Waals surface area contributed by atoms with Crippen LogP contribution < -0.4 is 10.6 Å². The Morgan fingerprint density at radius 3 is 2.82 bits per heavy atom. The molecule has 0 fully saturated rings. The summed E-state index contributed by atoms with van der Waals surface area (Å²) < 4.78 is 0. The Morgan fingerprint density at radius 1 is 1.27 bits per heavy atom. The lowest BCUT2D eigenvalue weighted by Crippen LogP contribution is -1.98. The monoisotopic (exact) mass is 292 g/mol. The van der Waals surface area contributed by atoms with E-state index in [0.29, 0.717) is 12.2 Å². The van der Waals surface area contributed by atoms with Crippen molar-refractivity contribution in [2.75, 3.05) is 17.7 Å². The lowest BCUT2D eigenvalue weighted by molar-refractivity contribution is -0.105. The van der Waals surface area contributed by atoms with Crippen LogP contribution in [0.25, 0.3) is 0 Å². The summed E-state index contributed by atoms with van der Waals surface area (Å²) in [5.41, 5.74) is 2.63. The molecule has 0 bridgehead atoms. The van der Waals surface area contributed by atoms with Gasteiger partial charge in [-0.3, -0.25) is 4.79 Å². The molecule has 0 aliphatic rings. The lowest BCUT2D eigenvalue weighted by Gasteiger charge is -2.06. The first-order valence-corrected chi connectivity index (χ1v) is 6.72. The number of allylic oxidation sites excluding steroid dienone is 1. The van der Waals surface area contributed by atoms with Gasteiger partial charge in [0.15, 0.2) is 0 Å². The van der Waals surface area contributed by atoms with Gasteiger partial charge in [0.2, 0.25) is 6.41 Å². The number of amides is 1. The van der Waals surface area contributed by atoms with Gasteiger partial charge < -0.3 is 10.6 Å². The molecule has 0 aliphatic carbocycles. The van der Waals surface area contributed by atoms with Gasteiger partial charge in [0, 0.05) is 30.6 Å². The van der Waals surface area contributed by atoms with Crippen molar-refractivity contribution in [1.29, 1.82) is 0 Å². The molecule has 0 atom stereocenters. The minimum Gasteiger partial charge on any atom is -0.373 e. The molecule has 0 saturated carbocycles. The van der Waals surface area contributed by atoms with Gasteiger partial charge in [-0.25, -0.2) is 9.97 Å². The van der Waals surface area contributed by atoms with E-state index >= 15 is 0 Å². The summed E-state index contributed by atoms with van der Waals surface area (Å²) in [5, 5.41) is 5.54. The Hall–Kier alpha value is -3.13. The van der Waals surface area contributed by atoms with E-state index in [1.54, 1.807) is 24.5 Å². The fourth-order valence-corrected chi connectivity index (χ4v) is 1.91. The molecular weight excluding hydrogens is 276 g/mol. The van der Waals surface area contributed by atoms with E-state index in [1.165, 1.54) is 0 Å². The van der Waals surface area contributed by atoms with Gasteiger partial charge >= 0.3 is 0 Å². The van der Waals surface area contributed by atoms with Crippen LogP contribution in [0.3, 0.4) is 0 Å². The van der Waals surface area contributed by atoms with Crippen molar-refractivity contribution in [2.24, 2.45) is 0 Å². The van der Waals surface area contributed by atoms with Gasteiger partial charge in [0.1, 0.15) is 11.6 Å². The molecule has 2 heterocycles. The van der Waals surface area contributed by atoms with E-state index in [0.717, 1.165) is 28.9 Å². The number of anilines is 2. The standard InChI is InChI=1S/C17H16N4O/c1-3-4-15-9-14(11-20-17(15)18-2)6-5-13-7-8-19-16(10-13)21-12-22/h3,7-12H,1,4H2,2H3,(H,18,20)(H,19,21,22). The van der Waals surface area contributed by atoms with Crippen LogP contribution in [0.5, 0.6) is 0 Å². The summed E-state index contributed by atoms with van der Waals surface area (Å²) in [7, 11) is 1.83. The maximum Gasteiger partial charge on any atom is 0.212 e. The van der Waals surface area contributed by atoms with E-state index in [2.05, 4.69) is 39.0 Å². The van der Waals surface area contributed by atoms with E-state index in [-0.39, 0.29) is 0 Å². The van der Waals surface area contributed by atoms with Gasteiger partial charge in [0.05, 0.1) is 0 Å². The van der Waals surface area contributed by atoms with Gasteiger partial charge in [-0.2, -0.15) is 0 Å². The largest absolute Gasteiger partial charge is 0.373 e. The number of carbonyl (C=O) groups excluding carboxylic acids is 1. The topological polar surface area (TPSA) is 66.9 Å². The first kappa shape index (κ1) is 15.3. The Morgan fingerprint density at radius 2 is 2.09 bits per heavy atom. The second-order valence-corrected chi connectivity index (χ2v) is 4.42. The van der Waals surface area contributed by atoms with Crippen LogP contribution in [0.2, 0.25) is 0 Å². The lowest BCUT2D eigenvalue weighted by atomic mass is 10.1. The molecule has 2 N–H and O–H groups in total. The summed E-state index contributed by atoms with van der Waals surface area (Å²) >= 11 is 0. The quantitative estimate of drug-likeness (QED) is 0.504. The van der Waals surface area contributed by atoms with Crippen LogP contribution in [-0.2, 0) is 11.2 Å². The molecule has 5 nitrogen and oxygen atoms in total. The van der Waals surface area contributed by atoms with Crippen molar-refractivity contribution in [1.82, 2.24) is 9.97 Å². The fraction of sp³-hybridized carbons (Fsp3) is 0.118. The van der Waals surface area contributed by atoms with Crippen LogP contribution in [0, 0.1) is 11.8 Å². The first-order chi connectivity index (χ1) is 10.8. The van der Waals surface area contributed by atoms with Crippen molar-refractivity contribution >= 4 is 18.0 Å². The molecule has 110 valence electrons. The Bertz CT molecular complexity index is 744. The molecule has 5 heteroatoms. The average Bonchev–Trinajstić information content (AvgIpc) is 2.54. The maximum atomic E-state index is 10.4.